The number of nitrogens with zero attached hydrogens (tertiary/aromatic N) is 2. The van der Waals surface area contributed by atoms with Crippen molar-refractivity contribution in [1.29, 1.82) is 0 Å². The van der Waals surface area contributed by atoms with Crippen molar-refractivity contribution in [3.8, 4) is 0 Å². The van der Waals surface area contributed by atoms with Gasteiger partial charge in [0.2, 0.25) is 5.91 Å². The third kappa shape index (κ3) is 5.25. The fraction of sp³-hybridized carbons (Fsp3) is 0.211. The summed E-state index contributed by atoms with van der Waals surface area (Å²) in [5.74, 6) is 0.629. The van der Waals surface area contributed by atoms with Crippen LogP contribution in [0.15, 0.2) is 52.6 Å². The molecule has 0 saturated carbocycles. The van der Waals surface area contributed by atoms with Gasteiger partial charge in [0.1, 0.15) is 0 Å². The second-order valence-electron chi connectivity index (χ2n) is 6.20. The Morgan fingerprint density at radius 3 is 2.52 bits per heavy atom. The molecule has 1 amide bonds. The monoisotopic (exact) mass is 420 g/mol. The Morgan fingerprint density at radius 2 is 1.93 bits per heavy atom. The summed E-state index contributed by atoms with van der Waals surface area (Å²) in [6.45, 7) is 3.72. The van der Waals surface area contributed by atoms with Crippen molar-refractivity contribution in [2.75, 3.05) is 11.1 Å². The number of carbonyl (C=O) groups excluding carboxylic acids is 1. The summed E-state index contributed by atoms with van der Waals surface area (Å²) in [4.78, 5) is 16.2. The van der Waals surface area contributed by atoms with Crippen molar-refractivity contribution >= 4 is 63.1 Å². The van der Waals surface area contributed by atoms with Crippen molar-refractivity contribution in [1.82, 2.24) is 5.43 Å². The van der Waals surface area contributed by atoms with E-state index in [1.54, 1.807) is 30.0 Å². The number of carbonyl (C=O) groups is 1. The average molecular weight is 421 g/mol. The maximum Gasteiger partial charge on any atom is 0.226 e. The third-order valence-corrected chi connectivity index (χ3v) is 5.39. The van der Waals surface area contributed by atoms with Crippen molar-refractivity contribution in [2.24, 2.45) is 16.0 Å². The molecule has 2 aromatic rings. The molecule has 1 aliphatic heterocycles. The molecular weight excluding hydrogens is 403 g/mol. The minimum Gasteiger partial charge on any atom is -0.326 e. The lowest BCUT2D eigenvalue weighted by atomic mass is 10.1. The standard InChI is InChI=1S/C19H18Cl2N4OS/c1-11(2)18(26)22-13-5-3-12(4-6-13)17-10-27-19(25-24-17)23-14-7-8-15(20)16(21)9-14/h3-9,11H,10H2,1-2H3,(H,22,26)(H,23,25). The van der Waals surface area contributed by atoms with Crippen LogP contribution in [0.2, 0.25) is 10.0 Å². The van der Waals surface area contributed by atoms with Gasteiger partial charge in [0.05, 0.1) is 21.4 Å². The van der Waals surface area contributed by atoms with Crippen LogP contribution in [-0.2, 0) is 4.79 Å². The minimum absolute atomic E-state index is 0.00173. The average Bonchev–Trinajstić information content (AvgIpc) is 2.66. The van der Waals surface area contributed by atoms with E-state index in [1.807, 2.05) is 38.1 Å². The second-order valence-corrected chi connectivity index (χ2v) is 7.97. The number of benzene rings is 2. The predicted molar refractivity (Wildman–Crippen MR) is 116 cm³/mol. The predicted octanol–water partition coefficient (Wildman–Crippen LogP) is 5.32. The molecule has 0 radical (unpaired) electrons. The summed E-state index contributed by atoms with van der Waals surface area (Å²) in [5.41, 5.74) is 6.36. The van der Waals surface area contributed by atoms with Crippen LogP contribution in [-0.4, -0.2) is 22.5 Å². The number of hydrazone groups is 1. The number of hydrogen-bond donors (Lipinski definition) is 2. The molecule has 2 aromatic carbocycles. The lowest BCUT2D eigenvalue weighted by Gasteiger charge is -2.15. The van der Waals surface area contributed by atoms with Crippen LogP contribution < -0.4 is 10.7 Å². The molecule has 5 nitrogen and oxygen atoms in total. The van der Waals surface area contributed by atoms with E-state index in [1.165, 1.54) is 0 Å². The molecule has 1 aliphatic rings. The first-order valence-electron chi connectivity index (χ1n) is 8.33. The lowest BCUT2D eigenvalue weighted by Crippen LogP contribution is -2.25. The molecule has 0 saturated heterocycles. The first-order valence-corrected chi connectivity index (χ1v) is 10.1. The quantitative estimate of drug-likeness (QED) is 0.703. The Balaban J connectivity index is 1.67. The zero-order chi connectivity index (χ0) is 19.4. The van der Waals surface area contributed by atoms with E-state index in [0.29, 0.717) is 26.7 Å². The van der Waals surface area contributed by atoms with Gasteiger partial charge in [-0.3, -0.25) is 10.2 Å². The molecule has 8 heteroatoms. The first kappa shape index (κ1) is 19.7. The Kier molecular flexibility index (Phi) is 6.42. The van der Waals surface area contributed by atoms with E-state index in [9.17, 15) is 4.79 Å². The summed E-state index contributed by atoms with van der Waals surface area (Å²) in [7, 11) is 0. The summed E-state index contributed by atoms with van der Waals surface area (Å²) >= 11 is 13.5. The van der Waals surface area contributed by atoms with Crippen molar-refractivity contribution in [3.63, 3.8) is 0 Å². The molecule has 3 rings (SSSR count). The number of thioether (sulfide) groups is 1. The van der Waals surface area contributed by atoms with Gasteiger partial charge in [-0.25, -0.2) is 4.99 Å². The normalized spacial score (nSPS) is 15.4. The Labute approximate surface area is 172 Å². The van der Waals surface area contributed by atoms with Gasteiger partial charge in [0.25, 0.3) is 0 Å². The fourth-order valence-corrected chi connectivity index (χ4v) is 3.30. The molecule has 0 aromatic heterocycles. The molecule has 2 N–H and O–H groups in total. The van der Waals surface area contributed by atoms with Crippen LogP contribution in [0.5, 0.6) is 0 Å². The number of aliphatic imine (C=N–C) groups is 1. The molecule has 0 aliphatic carbocycles. The van der Waals surface area contributed by atoms with Crippen LogP contribution in [0.3, 0.4) is 0 Å². The van der Waals surface area contributed by atoms with Gasteiger partial charge in [0.15, 0.2) is 5.17 Å². The highest BCUT2D eigenvalue weighted by atomic mass is 35.5. The van der Waals surface area contributed by atoms with Crippen LogP contribution in [0, 0.1) is 5.92 Å². The van der Waals surface area contributed by atoms with Gasteiger partial charge in [-0.15, -0.1) is 0 Å². The fourth-order valence-electron chi connectivity index (χ4n) is 2.23. The smallest absolute Gasteiger partial charge is 0.226 e. The van der Waals surface area contributed by atoms with Gasteiger partial charge in [0, 0.05) is 17.4 Å². The van der Waals surface area contributed by atoms with E-state index in [2.05, 4.69) is 20.8 Å². The van der Waals surface area contributed by atoms with Crippen molar-refractivity contribution < 1.29 is 4.79 Å². The van der Waals surface area contributed by atoms with Gasteiger partial charge >= 0.3 is 0 Å². The molecule has 0 unspecified atom stereocenters. The van der Waals surface area contributed by atoms with Crippen LogP contribution in [0.25, 0.3) is 0 Å². The lowest BCUT2D eigenvalue weighted by molar-refractivity contribution is -0.118. The van der Waals surface area contributed by atoms with Gasteiger partial charge in [-0.1, -0.05) is 60.9 Å². The van der Waals surface area contributed by atoms with Crippen LogP contribution in [0.1, 0.15) is 19.4 Å². The molecule has 0 atom stereocenters. The number of halogens is 2. The van der Waals surface area contributed by atoms with Crippen molar-refractivity contribution in [3.05, 3.63) is 58.1 Å². The number of rotatable bonds is 4. The number of nitrogens with one attached hydrogen (secondary N) is 2. The highest BCUT2D eigenvalue weighted by molar-refractivity contribution is 8.14. The van der Waals surface area contributed by atoms with Gasteiger partial charge < -0.3 is 5.32 Å². The topological polar surface area (TPSA) is 65.8 Å². The number of amides is 1. The maximum atomic E-state index is 11.7. The largest absolute Gasteiger partial charge is 0.326 e. The minimum atomic E-state index is -0.0544. The molecule has 1 heterocycles. The SMILES string of the molecule is CC(C)C(=O)Nc1ccc(C2=NNC(=Nc3ccc(Cl)c(Cl)c3)SC2)cc1. The van der Waals surface area contributed by atoms with Crippen LogP contribution in [0.4, 0.5) is 11.4 Å². The Bertz CT molecular complexity index is 910. The van der Waals surface area contributed by atoms with Gasteiger partial charge in [-0.2, -0.15) is 5.10 Å². The summed E-state index contributed by atoms with van der Waals surface area (Å²) in [6.07, 6.45) is 0. The summed E-state index contributed by atoms with van der Waals surface area (Å²) < 4.78 is 0. The van der Waals surface area contributed by atoms with E-state index in [4.69, 9.17) is 23.2 Å². The van der Waals surface area contributed by atoms with E-state index in [-0.39, 0.29) is 11.8 Å². The third-order valence-electron chi connectivity index (χ3n) is 3.78. The molecule has 0 bridgehead atoms. The molecule has 27 heavy (non-hydrogen) atoms. The zero-order valence-corrected chi connectivity index (χ0v) is 17.1. The Hall–Kier alpha value is -2.02. The highest BCUT2D eigenvalue weighted by Gasteiger charge is 2.14. The van der Waals surface area contributed by atoms with E-state index < -0.39 is 0 Å². The van der Waals surface area contributed by atoms with E-state index >= 15 is 0 Å². The summed E-state index contributed by atoms with van der Waals surface area (Å²) in [6, 6.07) is 12.9. The van der Waals surface area contributed by atoms with E-state index in [0.717, 1.165) is 17.0 Å². The molecule has 140 valence electrons. The highest BCUT2D eigenvalue weighted by Crippen LogP contribution is 2.27. The number of hydrogen-bond acceptors (Lipinski definition) is 4. The van der Waals surface area contributed by atoms with Crippen LogP contribution >= 0.6 is 35.0 Å². The molecule has 0 spiro atoms. The molecular formula is C19H18Cl2N4OS. The van der Waals surface area contributed by atoms with Gasteiger partial charge in [-0.05, 0) is 35.9 Å². The first-order chi connectivity index (χ1) is 12.9. The molecule has 0 fully saturated rings. The second kappa shape index (κ2) is 8.78. The maximum absolute atomic E-state index is 11.7. The number of amidine groups is 1. The number of anilines is 1. The zero-order valence-electron chi connectivity index (χ0n) is 14.8. The summed E-state index contributed by atoms with van der Waals surface area (Å²) in [5, 5.41) is 8.94. The Morgan fingerprint density at radius 1 is 1.19 bits per heavy atom. The van der Waals surface area contributed by atoms with Crippen molar-refractivity contribution in [2.45, 2.75) is 13.8 Å².